The molecule has 2 atom stereocenters. The number of benzene rings is 3. The van der Waals surface area contributed by atoms with Crippen LogP contribution in [0.3, 0.4) is 0 Å². The van der Waals surface area contributed by atoms with E-state index in [1.807, 2.05) is 86.6 Å². The Hall–Kier alpha value is -3.71. The van der Waals surface area contributed by atoms with Crippen LogP contribution in [0.5, 0.6) is 0 Å². The monoisotopic (exact) mass is 516 g/mol. The molecule has 4 N–H and O–H groups in total. The van der Waals surface area contributed by atoms with E-state index in [1.54, 1.807) is 14.1 Å². The maximum absolute atomic E-state index is 13.9. The van der Waals surface area contributed by atoms with Crippen molar-refractivity contribution in [2.45, 2.75) is 63.6 Å². The first-order chi connectivity index (χ1) is 18.0. The van der Waals surface area contributed by atoms with Crippen LogP contribution in [0.4, 0.5) is 0 Å². The highest BCUT2D eigenvalue weighted by Gasteiger charge is 2.34. The fourth-order valence-corrected chi connectivity index (χ4v) is 4.68. The maximum Gasteiger partial charge on any atom is 0.246 e. The summed E-state index contributed by atoms with van der Waals surface area (Å²) < 4.78 is 0. The lowest BCUT2D eigenvalue weighted by atomic mass is 9.97. The highest BCUT2D eigenvalue weighted by molar-refractivity contribution is 5.92. The number of carbonyl (C=O) groups is 3. The fourth-order valence-electron chi connectivity index (χ4n) is 4.68. The molecule has 0 aliphatic carbocycles. The molecule has 3 aromatic rings. The molecule has 0 aromatic heterocycles. The molecular formula is C31H40N4O3. The van der Waals surface area contributed by atoms with E-state index in [0.717, 1.165) is 21.9 Å². The molecule has 0 heterocycles. The summed E-state index contributed by atoms with van der Waals surface area (Å²) in [6, 6.07) is 21.9. The largest absolute Gasteiger partial charge is 0.368 e. The quantitative estimate of drug-likeness (QED) is 0.383. The number of likely N-dealkylation sites (N-methyl/N-ethyl adjacent to an activating group) is 2. The molecule has 0 bridgehead atoms. The van der Waals surface area contributed by atoms with Gasteiger partial charge in [0.15, 0.2) is 0 Å². The second-order valence-electron chi connectivity index (χ2n) is 10.8. The minimum absolute atomic E-state index is 0.138. The van der Waals surface area contributed by atoms with Crippen molar-refractivity contribution in [2.24, 2.45) is 11.5 Å². The van der Waals surface area contributed by atoms with Crippen molar-refractivity contribution in [3.05, 3.63) is 83.9 Å². The first kappa shape index (κ1) is 28.9. The molecule has 0 spiro atoms. The van der Waals surface area contributed by atoms with Crippen LogP contribution in [-0.2, 0) is 27.2 Å². The van der Waals surface area contributed by atoms with Gasteiger partial charge >= 0.3 is 0 Å². The molecule has 0 saturated heterocycles. The topological polar surface area (TPSA) is 110 Å². The number of primary amides is 1. The van der Waals surface area contributed by atoms with Gasteiger partial charge in [0.05, 0.1) is 0 Å². The van der Waals surface area contributed by atoms with E-state index >= 15 is 0 Å². The van der Waals surface area contributed by atoms with E-state index in [0.29, 0.717) is 25.7 Å². The van der Waals surface area contributed by atoms with Crippen LogP contribution < -0.4 is 11.5 Å². The normalized spacial score (nSPS) is 13.1. The van der Waals surface area contributed by atoms with Gasteiger partial charge in [-0.2, -0.15) is 0 Å². The molecule has 0 aliphatic heterocycles. The van der Waals surface area contributed by atoms with Gasteiger partial charge in [-0.1, -0.05) is 72.8 Å². The summed E-state index contributed by atoms with van der Waals surface area (Å²) >= 11 is 0. The van der Waals surface area contributed by atoms with Gasteiger partial charge in [-0.3, -0.25) is 14.4 Å². The SMILES string of the molecule is CN(C(=O)CCCC(C)(C)N)[C@H](Cc1ccc2ccccc2c1)C(=O)N(C)[C@H](Cc1ccccc1)C(N)=O. The molecule has 7 heteroatoms. The molecule has 202 valence electrons. The average molecular weight is 517 g/mol. The van der Waals surface area contributed by atoms with Gasteiger partial charge in [-0.25, -0.2) is 0 Å². The van der Waals surface area contributed by atoms with Crippen LogP contribution in [0.1, 0.15) is 44.2 Å². The summed E-state index contributed by atoms with van der Waals surface area (Å²) in [6.45, 7) is 3.86. The number of amides is 3. The van der Waals surface area contributed by atoms with E-state index < -0.39 is 18.0 Å². The standard InChI is InChI=1S/C31H40N4O3/c1-31(2,33)18-10-15-28(36)34(3)27(21-23-16-17-24-13-8-9-14-25(24)19-23)30(38)35(4)26(29(32)37)20-22-11-6-5-7-12-22/h5-9,11-14,16-17,19,26-27H,10,15,18,20-21,33H2,1-4H3,(H2,32,37)/t26-,27-/m1/s1. The molecule has 0 unspecified atom stereocenters. The zero-order chi connectivity index (χ0) is 27.9. The lowest BCUT2D eigenvalue weighted by Crippen LogP contribution is -2.55. The molecule has 0 radical (unpaired) electrons. The van der Waals surface area contributed by atoms with Gasteiger partial charge in [-0.15, -0.1) is 0 Å². The zero-order valence-corrected chi connectivity index (χ0v) is 22.9. The number of hydrogen-bond acceptors (Lipinski definition) is 4. The van der Waals surface area contributed by atoms with Crippen LogP contribution in [-0.4, -0.2) is 59.2 Å². The lowest BCUT2D eigenvalue weighted by Gasteiger charge is -2.34. The van der Waals surface area contributed by atoms with Gasteiger partial charge < -0.3 is 21.3 Å². The van der Waals surface area contributed by atoms with Crippen molar-refractivity contribution in [1.29, 1.82) is 0 Å². The summed E-state index contributed by atoms with van der Waals surface area (Å²) in [5.74, 6) is -1.05. The van der Waals surface area contributed by atoms with Crippen molar-refractivity contribution in [3.8, 4) is 0 Å². The Morgan fingerprint density at radius 2 is 1.39 bits per heavy atom. The van der Waals surface area contributed by atoms with Crippen molar-refractivity contribution in [3.63, 3.8) is 0 Å². The Kier molecular flexibility index (Phi) is 9.64. The van der Waals surface area contributed by atoms with Crippen LogP contribution in [0.25, 0.3) is 10.8 Å². The number of carbonyl (C=O) groups excluding carboxylic acids is 3. The van der Waals surface area contributed by atoms with Crippen molar-refractivity contribution >= 4 is 28.5 Å². The summed E-state index contributed by atoms with van der Waals surface area (Å²) in [5.41, 5.74) is 13.3. The van der Waals surface area contributed by atoms with Gasteiger partial charge in [0.25, 0.3) is 0 Å². The summed E-state index contributed by atoms with van der Waals surface area (Å²) in [4.78, 5) is 42.5. The second-order valence-corrected chi connectivity index (χ2v) is 10.8. The molecule has 3 aromatic carbocycles. The van der Waals surface area contributed by atoms with E-state index in [-0.39, 0.29) is 23.8 Å². The molecular weight excluding hydrogens is 476 g/mol. The number of fused-ring (bicyclic) bond motifs is 1. The second kappa shape index (κ2) is 12.7. The molecule has 0 aliphatic rings. The summed E-state index contributed by atoms with van der Waals surface area (Å²) in [6.07, 6.45) is 2.21. The van der Waals surface area contributed by atoms with Crippen LogP contribution in [0.15, 0.2) is 72.8 Å². The Morgan fingerprint density at radius 1 is 0.789 bits per heavy atom. The summed E-state index contributed by atoms with van der Waals surface area (Å²) in [7, 11) is 3.24. The molecule has 0 saturated carbocycles. The predicted molar refractivity (Wildman–Crippen MR) is 152 cm³/mol. The third kappa shape index (κ3) is 7.89. The van der Waals surface area contributed by atoms with E-state index in [2.05, 4.69) is 0 Å². The molecule has 7 nitrogen and oxygen atoms in total. The van der Waals surface area contributed by atoms with Gasteiger partial charge in [0.2, 0.25) is 17.7 Å². The third-order valence-electron chi connectivity index (χ3n) is 7.02. The average Bonchev–Trinajstić information content (AvgIpc) is 2.88. The van der Waals surface area contributed by atoms with Gasteiger partial charge in [0.1, 0.15) is 12.1 Å². The smallest absolute Gasteiger partial charge is 0.246 e. The minimum Gasteiger partial charge on any atom is -0.368 e. The van der Waals surface area contributed by atoms with Crippen LogP contribution in [0, 0.1) is 0 Å². The number of nitrogens with two attached hydrogens (primary N) is 2. The Balaban J connectivity index is 1.87. The third-order valence-corrected chi connectivity index (χ3v) is 7.02. The van der Waals surface area contributed by atoms with Crippen molar-refractivity contribution in [2.75, 3.05) is 14.1 Å². The highest BCUT2D eigenvalue weighted by Crippen LogP contribution is 2.21. The van der Waals surface area contributed by atoms with Gasteiger partial charge in [-0.05, 0) is 48.6 Å². The number of hydrogen-bond donors (Lipinski definition) is 2. The predicted octanol–water partition coefficient (Wildman–Crippen LogP) is 3.67. The maximum atomic E-state index is 13.9. The molecule has 3 amide bonds. The first-order valence-corrected chi connectivity index (χ1v) is 13.1. The zero-order valence-electron chi connectivity index (χ0n) is 22.9. The molecule has 0 fully saturated rings. The molecule has 38 heavy (non-hydrogen) atoms. The lowest BCUT2D eigenvalue weighted by molar-refractivity contribution is -0.147. The van der Waals surface area contributed by atoms with Crippen molar-refractivity contribution < 1.29 is 14.4 Å². The van der Waals surface area contributed by atoms with E-state index in [9.17, 15) is 14.4 Å². The van der Waals surface area contributed by atoms with Crippen molar-refractivity contribution in [1.82, 2.24) is 9.80 Å². The fraction of sp³-hybridized carbons (Fsp3) is 0.387. The number of nitrogens with zero attached hydrogens (tertiary/aromatic N) is 2. The van der Waals surface area contributed by atoms with Crippen LogP contribution in [0.2, 0.25) is 0 Å². The first-order valence-electron chi connectivity index (χ1n) is 13.1. The number of rotatable bonds is 12. The van der Waals surface area contributed by atoms with Crippen LogP contribution >= 0.6 is 0 Å². The highest BCUT2D eigenvalue weighted by atomic mass is 16.2. The van der Waals surface area contributed by atoms with E-state index in [1.165, 1.54) is 9.80 Å². The molecule has 3 rings (SSSR count). The summed E-state index contributed by atoms with van der Waals surface area (Å²) in [5, 5.41) is 2.16. The minimum atomic E-state index is -0.842. The van der Waals surface area contributed by atoms with Gasteiger partial charge in [0, 0.05) is 38.9 Å². The Labute approximate surface area is 225 Å². The van der Waals surface area contributed by atoms with E-state index in [4.69, 9.17) is 11.5 Å². The Bertz CT molecular complexity index is 1250. The Morgan fingerprint density at radius 3 is 2.03 bits per heavy atom.